The summed E-state index contributed by atoms with van der Waals surface area (Å²) in [6, 6.07) is 7.75. The van der Waals surface area contributed by atoms with Gasteiger partial charge in [0.15, 0.2) is 0 Å². The molecule has 0 atom stereocenters. The fourth-order valence-electron chi connectivity index (χ4n) is 2.84. The largest absolute Gasteiger partial charge is 0.388 e. The highest BCUT2D eigenvalue weighted by molar-refractivity contribution is 5.99. The summed E-state index contributed by atoms with van der Waals surface area (Å²) in [5.41, 5.74) is 0.736. The monoisotopic (exact) mass is 290 g/mol. The van der Waals surface area contributed by atoms with Gasteiger partial charge in [0, 0.05) is 18.3 Å². The summed E-state index contributed by atoms with van der Waals surface area (Å²) in [6.07, 6.45) is 4.81. The molecule has 0 spiro atoms. The van der Waals surface area contributed by atoms with Crippen LogP contribution in [0, 0.1) is 0 Å². The number of nitrogens with one attached hydrogen (secondary N) is 2. The second-order valence-corrected chi connectivity index (χ2v) is 6.31. The number of carbonyl (C=O) groups is 1. The van der Waals surface area contributed by atoms with E-state index < -0.39 is 5.60 Å². The number of amides is 1. The van der Waals surface area contributed by atoms with Crippen LogP contribution in [0.5, 0.6) is 0 Å². The summed E-state index contributed by atoms with van der Waals surface area (Å²) >= 11 is 0. The van der Waals surface area contributed by atoms with Crippen molar-refractivity contribution in [1.82, 2.24) is 5.32 Å². The molecule has 1 aromatic carbocycles. The van der Waals surface area contributed by atoms with Crippen molar-refractivity contribution in [3.63, 3.8) is 0 Å². The van der Waals surface area contributed by atoms with E-state index in [0.717, 1.165) is 31.4 Å². The SMILES string of the molecule is CC(C)Nc1ccccc1C(=O)NCC1(O)CCCCC1. The standard InChI is InChI=1S/C17H26N2O2/c1-13(2)19-15-9-5-4-8-14(15)16(20)18-12-17(21)10-6-3-7-11-17/h4-5,8-9,13,19,21H,3,6-7,10-12H2,1-2H3,(H,18,20). The van der Waals surface area contributed by atoms with E-state index >= 15 is 0 Å². The number of aliphatic hydroxyl groups is 1. The molecule has 0 radical (unpaired) electrons. The van der Waals surface area contributed by atoms with E-state index in [2.05, 4.69) is 10.6 Å². The van der Waals surface area contributed by atoms with E-state index in [4.69, 9.17) is 0 Å². The first-order valence-corrected chi connectivity index (χ1v) is 7.86. The summed E-state index contributed by atoms with van der Waals surface area (Å²) < 4.78 is 0. The average Bonchev–Trinajstić information content (AvgIpc) is 2.46. The summed E-state index contributed by atoms with van der Waals surface area (Å²) in [5, 5.41) is 16.6. The Balaban J connectivity index is 2.00. The summed E-state index contributed by atoms with van der Waals surface area (Å²) in [4.78, 5) is 12.4. The average molecular weight is 290 g/mol. The molecule has 0 saturated heterocycles. The van der Waals surface area contributed by atoms with Gasteiger partial charge < -0.3 is 15.7 Å². The molecule has 2 rings (SSSR count). The Kier molecular flexibility index (Phi) is 5.23. The van der Waals surface area contributed by atoms with Crippen molar-refractivity contribution in [2.24, 2.45) is 0 Å². The molecule has 0 unspecified atom stereocenters. The lowest BCUT2D eigenvalue weighted by molar-refractivity contribution is 0.00526. The van der Waals surface area contributed by atoms with Gasteiger partial charge in [-0.05, 0) is 38.8 Å². The Hall–Kier alpha value is -1.55. The lowest BCUT2D eigenvalue weighted by atomic mass is 9.85. The molecule has 1 aliphatic rings. The predicted octanol–water partition coefficient (Wildman–Crippen LogP) is 2.93. The lowest BCUT2D eigenvalue weighted by Gasteiger charge is -2.32. The van der Waals surface area contributed by atoms with Gasteiger partial charge in [0.1, 0.15) is 0 Å². The minimum absolute atomic E-state index is 0.127. The molecule has 0 aromatic heterocycles. The lowest BCUT2D eigenvalue weighted by Crippen LogP contribution is -2.44. The molecule has 0 aliphatic heterocycles. The maximum atomic E-state index is 12.4. The summed E-state index contributed by atoms with van der Waals surface area (Å²) in [7, 11) is 0. The van der Waals surface area contributed by atoms with Crippen LogP contribution in [0.1, 0.15) is 56.3 Å². The zero-order valence-corrected chi connectivity index (χ0v) is 13.0. The second kappa shape index (κ2) is 6.94. The topological polar surface area (TPSA) is 61.4 Å². The van der Waals surface area contributed by atoms with Crippen molar-refractivity contribution in [2.45, 2.75) is 57.6 Å². The normalized spacial score (nSPS) is 17.5. The fourth-order valence-corrected chi connectivity index (χ4v) is 2.84. The molecule has 0 heterocycles. The third-order valence-electron chi connectivity index (χ3n) is 3.98. The van der Waals surface area contributed by atoms with Crippen LogP contribution in [0.3, 0.4) is 0 Å². The quantitative estimate of drug-likeness (QED) is 0.781. The van der Waals surface area contributed by atoms with Gasteiger partial charge >= 0.3 is 0 Å². The highest BCUT2D eigenvalue weighted by atomic mass is 16.3. The molecule has 1 saturated carbocycles. The Morgan fingerprint density at radius 2 is 1.90 bits per heavy atom. The third kappa shape index (κ3) is 4.46. The molecule has 0 bridgehead atoms. The van der Waals surface area contributed by atoms with Crippen LogP contribution < -0.4 is 10.6 Å². The maximum absolute atomic E-state index is 12.4. The van der Waals surface area contributed by atoms with Gasteiger partial charge in [0.05, 0.1) is 11.2 Å². The smallest absolute Gasteiger partial charge is 0.253 e. The molecule has 4 heteroatoms. The van der Waals surface area contributed by atoms with Crippen molar-refractivity contribution in [1.29, 1.82) is 0 Å². The van der Waals surface area contributed by atoms with Crippen LogP contribution in [0.15, 0.2) is 24.3 Å². The van der Waals surface area contributed by atoms with E-state index in [1.807, 2.05) is 38.1 Å². The Morgan fingerprint density at radius 1 is 1.24 bits per heavy atom. The van der Waals surface area contributed by atoms with E-state index in [1.54, 1.807) is 0 Å². The molecule has 21 heavy (non-hydrogen) atoms. The molecular weight excluding hydrogens is 264 g/mol. The highest BCUT2D eigenvalue weighted by Crippen LogP contribution is 2.27. The molecule has 1 fully saturated rings. The molecule has 4 nitrogen and oxygen atoms in total. The van der Waals surface area contributed by atoms with Gasteiger partial charge in [-0.3, -0.25) is 4.79 Å². The molecule has 1 aliphatic carbocycles. The van der Waals surface area contributed by atoms with Gasteiger partial charge in [0.2, 0.25) is 0 Å². The molecule has 1 aromatic rings. The first-order valence-electron chi connectivity index (χ1n) is 7.86. The minimum Gasteiger partial charge on any atom is -0.388 e. The van der Waals surface area contributed by atoms with Gasteiger partial charge in [-0.15, -0.1) is 0 Å². The van der Waals surface area contributed by atoms with Gasteiger partial charge in [0.25, 0.3) is 5.91 Å². The second-order valence-electron chi connectivity index (χ2n) is 6.31. The minimum atomic E-state index is -0.728. The Bertz CT molecular complexity index is 479. The zero-order chi connectivity index (χ0) is 15.3. The molecule has 3 N–H and O–H groups in total. The fraction of sp³-hybridized carbons (Fsp3) is 0.588. The number of hydrogen-bond donors (Lipinski definition) is 3. The van der Waals surface area contributed by atoms with Crippen molar-refractivity contribution >= 4 is 11.6 Å². The van der Waals surface area contributed by atoms with Crippen LogP contribution >= 0.6 is 0 Å². The summed E-state index contributed by atoms with van der Waals surface area (Å²) in [5.74, 6) is -0.127. The first-order chi connectivity index (χ1) is 10.0. The van der Waals surface area contributed by atoms with E-state index in [0.29, 0.717) is 12.1 Å². The van der Waals surface area contributed by atoms with Crippen LogP contribution in [0.2, 0.25) is 0 Å². The van der Waals surface area contributed by atoms with Crippen molar-refractivity contribution in [2.75, 3.05) is 11.9 Å². The Labute approximate surface area is 126 Å². The van der Waals surface area contributed by atoms with Crippen molar-refractivity contribution in [3.8, 4) is 0 Å². The molecule has 1 amide bonds. The van der Waals surface area contributed by atoms with Crippen LogP contribution in [0.4, 0.5) is 5.69 Å². The molecule has 116 valence electrons. The number of rotatable bonds is 5. The van der Waals surface area contributed by atoms with E-state index in [9.17, 15) is 9.90 Å². The van der Waals surface area contributed by atoms with E-state index in [1.165, 1.54) is 6.42 Å². The van der Waals surface area contributed by atoms with Crippen molar-refractivity contribution in [3.05, 3.63) is 29.8 Å². The van der Waals surface area contributed by atoms with Gasteiger partial charge in [-0.25, -0.2) is 0 Å². The molecular formula is C17H26N2O2. The Morgan fingerprint density at radius 3 is 2.57 bits per heavy atom. The number of anilines is 1. The van der Waals surface area contributed by atoms with Crippen LogP contribution in [-0.2, 0) is 0 Å². The highest BCUT2D eigenvalue weighted by Gasteiger charge is 2.29. The van der Waals surface area contributed by atoms with Crippen LogP contribution in [-0.4, -0.2) is 29.2 Å². The first kappa shape index (κ1) is 15.8. The maximum Gasteiger partial charge on any atom is 0.253 e. The van der Waals surface area contributed by atoms with E-state index in [-0.39, 0.29) is 11.9 Å². The number of para-hydroxylation sites is 1. The number of hydrogen-bond acceptors (Lipinski definition) is 3. The third-order valence-corrected chi connectivity index (χ3v) is 3.98. The summed E-state index contributed by atoms with van der Waals surface area (Å²) in [6.45, 7) is 4.42. The van der Waals surface area contributed by atoms with Crippen molar-refractivity contribution < 1.29 is 9.90 Å². The zero-order valence-electron chi connectivity index (χ0n) is 13.0. The van der Waals surface area contributed by atoms with Crippen LogP contribution in [0.25, 0.3) is 0 Å². The van der Waals surface area contributed by atoms with Gasteiger partial charge in [-0.2, -0.15) is 0 Å². The van der Waals surface area contributed by atoms with Gasteiger partial charge in [-0.1, -0.05) is 31.4 Å². The predicted molar refractivity (Wildman–Crippen MR) is 85.6 cm³/mol. The number of benzene rings is 1. The number of carbonyl (C=O) groups excluding carboxylic acids is 1.